The third-order valence-corrected chi connectivity index (χ3v) is 1.55. The van der Waals surface area contributed by atoms with E-state index in [9.17, 15) is 0 Å². The quantitative estimate of drug-likeness (QED) is 0.561. The fourth-order valence-corrected chi connectivity index (χ4v) is 1.01. The molecular formula is C10H14N2O. The third-order valence-electron chi connectivity index (χ3n) is 1.55. The molecule has 0 aliphatic rings. The number of rotatable bonds is 4. The molecule has 1 rings (SSSR count). The fraction of sp³-hybridized carbons (Fsp3) is 0.300. The Labute approximate surface area is 78.4 Å². The first-order valence-corrected chi connectivity index (χ1v) is 4.30. The van der Waals surface area contributed by atoms with Crippen LogP contribution in [0.1, 0.15) is 12.5 Å². The topological polar surface area (TPSA) is 33.6 Å². The van der Waals surface area contributed by atoms with Crippen LogP contribution in [0, 0.1) is 0 Å². The summed E-state index contributed by atoms with van der Waals surface area (Å²) < 4.78 is 5.42. The van der Waals surface area contributed by atoms with Crippen LogP contribution in [0.2, 0.25) is 0 Å². The van der Waals surface area contributed by atoms with Crippen molar-refractivity contribution < 1.29 is 4.74 Å². The Bertz CT molecular complexity index is 284. The zero-order valence-electron chi connectivity index (χ0n) is 7.95. The van der Waals surface area contributed by atoms with Gasteiger partial charge in [-0.1, -0.05) is 12.1 Å². The van der Waals surface area contributed by atoms with Crippen LogP contribution >= 0.6 is 0 Å². The second kappa shape index (κ2) is 5.19. The van der Waals surface area contributed by atoms with Crippen molar-refractivity contribution in [3.05, 3.63) is 29.8 Å². The zero-order chi connectivity index (χ0) is 9.52. The molecule has 0 saturated carbocycles. The molecule has 1 N–H and O–H groups in total. The van der Waals surface area contributed by atoms with E-state index in [1.54, 1.807) is 13.3 Å². The second-order valence-corrected chi connectivity index (χ2v) is 2.45. The molecule has 1 aromatic rings. The molecule has 70 valence electrons. The Morgan fingerprint density at radius 3 is 2.92 bits per heavy atom. The van der Waals surface area contributed by atoms with Crippen molar-refractivity contribution in [2.75, 3.05) is 13.7 Å². The highest BCUT2D eigenvalue weighted by Crippen LogP contribution is 2.15. The van der Waals surface area contributed by atoms with Crippen molar-refractivity contribution in [1.82, 2.24) is 5.43 Å². The number of nitrogens with one attached hydrogen (secondary N) is 1. The highest BCUT2D eigenvalue weighted by Gasteiger charge is 1.97. The van der Waals surface area contributed by atoms with Gasteiger partial charge in [0.15, 0.2) is 0 Å². The zero-order valence-corrected chi connectivity index (χ0v) is 7.95. The van der Waals surface area contributed by atoms with Crippen LogP contribution in [0.5, 0.6) is 5.75 Å². The molecule has 0 bridgehead atoms. The van der Waals surface area contributed by atoms with Crippen LogP contribution in [0.15, 0.2) is 29.4 Å². The Balaban J connectivity index is 2.84. The molecule has 0 heterocycles. The summed E-state index contributed by atoms with van der Waals surface area (Å²) in [5, 5.41) is 3.93. The lowest BCUT2D eigenvalue weighted by atomic mass is 10.2. The van der Waals surface area contributed by atoms with Crippen LogP contribution in [0.4, 0.5) is 0 Å². The minimum Gasteiger partial charge on any atom is -0.493 e. The average molecular weight is 178 g/mol. The summed E-state index contributed by atoms with van der Waals surface area (Å²) in [6.07, 6.45) is 1.74. The Hall–Kier alpha value is -1.51. The van der Waals surface area contributed by atoms with Gasteiger partial charge >= 0.3 is 0 Å². The van der Waals surface area contributed by atoms with E-state index >= 15 is 0 Å². The summed E-state index contributed by atoms with van der Waals surface area (Å²) >= 11 is 0. The molecule has 0 amide bonds. The summed E-state index contributed by atoms with van der Waals surface area (Å²) in [4.78, 5) is 0. The molecule has 0 spiro atoms. The Morgan fingerprint density at radius 2 is 2.23 bits per heavy atom. The van der Waals surface area contributed by atoms with E-state index in [-0.39, 0.29) is 0 Å². The Kier molecular flexibility index (Phi) is 3.82. The van der Waals surface area contributed by atoms with Gasteiger partial charge in [0.05, 0.1) is 12.8 Å². The summed E-state index contributed by atoms with van der Waals surface area (Å²) in [5.74, 6) is 0.865. The molecule has 0 aromatic heterocycles. The van der Waals surface area contributed by atoms with Gasteiger partial charge in [0, 0.05) is 12.6 Å². The standard InChI is InChI=1S/C10H14N2O/c1-3-13-10-7-5-4-6-9(10)8-12-11-2/h4-8,11H,3H2,1-2H3/b12-8+. The molecule has 0 unspecified atom stereocenters. The molecule has 0 aliphatic heterocycles. The number of ether oxygens (including phenoxy) is 1. The smallest absolute Gasteiger partial charge is 0.128 e. The highest BCUT2D eigenvalue weighted by molar-refractivity contribution is 5.83. The first-order chi connectivity index (χ1) is 6.38. The average Bonchev–Trinajstić information content (AvgIpc) is 2.17. The molecule has 0 saturated heterocycles. The number of para-hydroxylation sites is 1. The van der Waals surface area contributed by atoms with E-state index in [4.69, 9.17) is 4.74 Å². The molecule has 13 heavy (non-hydrogen) atoms. The molecule has 3 nitrogen and oxygen atoms in total. The number of hydrazone groups is 1. The maximum atomic E-state index is 5.42. The summed E-state index contributed by atoms with van der Waals surface area (Å²) in [5.41, 5.74) is 3.68. The van der Waals surface area contributed by atoms with E-state index < -0.39 is 0 Å². The van der Waals surface area contributed by atoms with E-state index in [1.807, 2.05) is 31.2 Å². The molecule has 0 atom stereocenters. The minimum absolute atomic E-state index is 0.671. The van der Waals surface area contributed by atoms with Crippen molar-refractivity contribution in [1.29, 1.82) is 0 Å². The van der Waals surface area contributed by atoms with Gasteiger partial charge in [-0.2, -0.15) is 5.10 Å². The van der Waals surface area contributed by atoms with Gasteiger partial charge in [0.25, 0.3) is 0 Å². The molecule has 0 radical (unpaired) electrons. The maximum Gasteiger partial charge on any atom is 0.128 e. The van der Waals surface area contributed by atoms with Crippen LogP contribution in [0.3, 0.4) is 0 Å². The molecule has 0 fully saturated rings. The van der Waals surface area contributed by atoms with Crippen LogP contribution in [-0.2, 0) is 0 Å². The van der Waals surface area contributed by atoms with Crippen molar-refractivity contribution in [3.63, 3.8) is 0 Å². The van der Waals surface area contributed by atoms with Gasteiger partial charge in [-0.3, -0.25) is 0 Å². The molecular weight excluding hydrogens is 164 g/mol. The van der Waals surface area contributed by atoms with Crippen LogP contribution < -0.4 is 10.2 Å². The predicted molar refractivity (Wildman–Crippen MR) is 54.3 cm³/mol. The number of benzene rings is 1. The van der Waals surface area contributed by atoms with Crippen molar-refractivity contribution in [2.45, 2.75) is 6.92 Å². The number of hydrogen-bond acceptors (Lipinski definition) is 3. The van der Waals surface area contributed by atoms with Crippen molar-refractivity contribution in [3.8, 4) is 5.75 Å². The lowest BCUT2D eigenvalue weighted by Gasteiger charge is -2.05. The second-order valence-electron chi connectivity index (χ2n) is 2.45. The summed E-state index contributed by atoms with van der Waals surface area (Å²) in [6.45, 7) is 2.64. The van der Waals surface area contributed by atoms with Gasteiger partial charge in [0.1, 0.15) is 5.75 Å². The number of hydrogen-bond donors (Lipinski definition) is 1. The Morgan fingerprint density at radius 1 is 1.46 bits per heavy atom. The summed E-state index contributed by atoms with van der Waals surface area (Å²) in [6, 6.07) is 7.80. The number of nitrogens with zero attached hydrogens (tertiary/aromatic N) is 1. The van der Waals surface area contributed by atoms with Crippen molar-refractivity contribution in [2.24, 2.45) is 5.10 Å². The maximum absolute atomic E-state index is 5.42. The van der Waals surface area contributed by atoms with Crippen LogP contribution in [-0.4, -0.2) is 19.9 Å². The highest BCUT2D eigenvalue weighted by atomic mass is 16.5. The van der Waals surface area contributed by atoms with Crippen molar-refractivity contribution >= 4 is 6.21 Å². The van der Waals surface area contributed by atoms with E-state index in [0.29, 0.717) is 6.61 Å². The molecule has 0 aliphatic carbocycles. The predicted octanol–water partition coefficient (Wildman–Crippen LogP) is 1.64. The van der Waals surface area contributed by atoms with E-state index in [0.717, 1.165) is 11.3 Å². The third kappa shape index (κ3) is 2.78. The largest absolute Gasteiger partial charge is 0.493 e. The SMILES string of the molecule is CCOc1ccccc1/C=N/NC. The molecule has 1 aromatic carbocycles. The van der Waals surface area contributed by atoms with Gasteiger partial charge in [-0.05, 0) is 19.1 Å². The van der Waals surface area contributed by atoms with Gasteiger partial charge in [0.2, 0.25) is 0 Å². The lowest BCUT2D eigenvalue weighted by molar-refractivity contribution is 0.340. The monoisotopic (exact) mass is 178 g/mol. The van der Waals surface area contributed by atoms with Gasteiger partial charge in [-0.15, -0.1) is 0 Å². The molecule has 3 heteroatoms. The van der Waals surface area contributed by atoms with Gasteiger partial charge < -0.3 is 10.2 Å². The van der Waals surface area contributed by atoms with Crippen LogP contribution in [0.25, 0.3) is 0 Å². The minimum atomic E-state index is 0.671. The van der Waals surface area contributed by atoms with E-state index in [2.05, 4.69) is 10.5 Å². The normalized spacial score (nSPS) is 10.3. The van der Waals surface area contributed by atoms with Gasteiger partial charge in [-0.25, -0.2) is 0 Å². The lowest BCUT2D eigenvalue weighted by Crippen LogP contribution is -1.98. The summed E-state index contributed by atoms with van der Waals surface area (Å²) in [7, 11) is 1.76. The fourth-order valence-electron chi connectivity index (χ4n) is 1.01. The first-order valence-electron chi connectivity index (χ1n) is 4.30. The first kappa shape index (κ1) is 9.58. The van der Waals surface area contributed by atoms with E-state index in [1.165, 1.54) is 0 Å².